The second kappa shape index (κ2) is 5.66. The van der Waals surface area contributed by atoms with Crippen molar-refractivity contribution in [1.29, 1.82) is 0 Å². The van der Waals surface area contributed by atoms with Crippen molar-refractivity contribution in [3.8, 4) is 0 Å². The van der Waals surface area contributed by atoms with Crippen molar-refractivity contribution in [1.82, 2.24) is 0 Å². The van der Waals surface area contributed by atoms with E-state index in [1.54, 1.807) is 12.1 Å². The molecule has 0 fully saturated rings. The fourth-order valence-electron chi connectivity index (χ4n) is 1.95. The van der Waals surface area contributed by atoms with Gasteiger partial charge in [-0.05, 0) is 58.6 Å². The third kappa shape index (κ3) is 3.10. The highest BCUT2D eigenvalue weighted by Gasteiger charge is 2.15. The highest BCUT2D eigenvalue weighted by molar-refractivity contribution is 9.10. The van der Waals surface area contributed by atoms with Crippen LogP contribution in [0.2, 0.25) is 0 Å². The molecule has 2 aromatic rings. The summed E-state index contributed by atoms with van der Waals surface area (Å²) >= 11 is 3.23. The molecular weight excluding hydrogens is 307 g/mol. The molecule has 0 unspecified atom stereocenters. The maximum Gasteiger partial charge on any atom is 0.171 e. The molecule has 0 saturated carbocycles. The molecule has 0 atom stereocenters. The lowest BCUT2D eigenvalue weighted by Crippen LogP contribution is -2.07. The molecule has 0 aliphatic carbocycles. The van der Waals surface area contributed by atoms with E-state index in [1.165, 1.54) is 11.6 Å². The predicted octanol–water partition coefficient (Wildman–Crippen LogP) is 4.63. The fraction of sp³-hybridized carbons (Fsp3) is 0.188. The molecule has 0 amide bonds. The number of ketones is 1. The average Bonchev–Trinajstić information content (AvgIpc) is 2.33. The Morgan fingerprint density at radius 1 is 1.16 bits per heavy atom. The van der Waals surface area contributed by atoms with Gasteiger partial charge in [0, 0.05) is 10.9 Å². The fourth-order valence-corrected chi connectivity index (χ4v) is 2.51. The van der Waals surface area contributed by atoms with E-state index in [1.807, 2.05) is 32.0 Å². The number of carbonyl (C=O) groups excluding carboxylic acids is 1. The summed E-state index contributed by atoms with van der Waals surface area (Å²) in [6.07, 6.45) is 0.209. The third-order valence-corrected chi connectivity index (χ3v) is 3.84. The number of benzene rings is 2. The summed E-state index contributed by atoms with van der Waals surface area (Å²) in [6.45, 7) is 4.02. The Labute approximate surface area is 120 Å². The van der Waals surface area contributed by atoms with Crippen LogP contribution in [-0.2, 0) is 6.42 Å². The molecule has 2 rings (SSSR count). The summed E-state index contributed by atoms with van der Waals surface area (Å²) in [6, 6.07) is 10.4. The van der Waals surface area contributed by atoms with E-state index in [0.717, 1.165) is 11.1 Å². The van der Waals surface area contributed by atoms with E-state index < -0.39 is 5.82 Å². The number of aryl methyl sites for hydroxylation is 2. The maximum absolute atomic E-state index is 13.7. The van der Waals surface area contributed by atoms with Gasteiger partial charge in [0.2, 0.25) is 0 Å². The largest absolute Gasteiger partial charge is 0.294 e. The molecule has 0 spiro atoms. The van der Waals surface area contributed by atoms with Crippen LogP contribution < -0.4 is 0 Å². The van der Waals surface area contributed by atoms with E-state index >= 15 is 0 Å². The van der Waals surface area contributed by atoms with Crippen molar-refractivity contribution in [2.24, 2.45) is 0 Å². The van der Waals surface area contributed by atoms with Crippen LogP contribution in [-0.4, -0.2) is 5.78 Å². The second-order valence-electron chi connectivity index (χ2n) is 4.62. The molecule has 2 aromatic carbocycles. The highest BCUT2D eigenvalue weighted by atomic mass is 79.9. The Morgan fingerprint density at radius 2 is 1.89 bits per heavy atom. The Kier molecular flexibility index (Phi) is 4.15. The number of hydrogen-bond acceptors (Lipinski definition) is 1. The quantitative estimate of drug-likeness (QED) is 0.753. The van der Waals surface area contributed by atoms with Gasteiger partial charge in [0.25, 0.3) is 0 Å². The normalized spacial score (nSPS) is 10.5. The molecule has 0 heterocycles. The predicted molar refractivity (Wildman–Crippen MR) is 78.1 cm³/mol. The molecular formula is C16H14BrFO. The molecule has 98 valence electrons. The van der Waals surface area contributed by atoms with Crippen LogP contribution in [0.5, 0.6) is 0 Å². The number of rotatable bonds is 3. The lowest BCUT2D eigenvalue weighted by molar-refractivity contribution is 0.0988. The van der Waals surface area contributed by atoms with Crippen molar-refractivity contribution in [3.63, 3.8) is 0 Å². The first-order valence-corrected chi connectivity index (χ1v) is 6.81. The van der Waals surface area contributed by atoms with Crippen molar-refractivity contribution in [3.05, 3.63) is 68.9 Å². The zero-order valence-corrected chi connectivity index (χ0v) is 12.4. The lowest BCUT2D eigenvalue weighted by atomic mass is 9.99. The molecule has 0 N–H and O–H groups in total. The van der Waals surface area contributed by atoms with Crippen molar-refractivity contribution < 1.29 is 9.18 Å². The van der Waals surface area contributed by atoms with Crippen LogP contribution in [0.25, 0.3) is 0 Å². The number of hydrogen-bond donors (Lipinski definition) is 0. The minimum Gasteiger partial charge on any atom is -0.294 e. The van der Waals surface area contributed by atoms with Gasteiger partial charge in [0.1, 0.15) is 5.82 Å². The summed E-state index contributed by atoms with van der Waals surface area (Å²) in [5.74, 6) is -0.698. The first-order valence-electron chi connectivity index (χ1n) is 6.02. The van der Waals surface area contributed by atoms with Gasteiger partial charge >= 0.3 is 0 Å². The summed E-state index contributed by atoms with van der Waals surface area (Å²) in [4.78, 5) is 12.2. The molecule has 1 nitrogen and oxygen atoms in total. The van der Waals surface area contributed by atoms with Gasteiger partial charge in [-0.25, -0.2) is 4.39 Å². The van der Waals surface area contributed by atoms with Crippen molar-refractivity contribution >= 4 is 21.7 Å². The van der Waals surface area contributed by atoms with E-state index in [0.29, 0.717) is 4.47 Å². The number of halogens is 2. The van der Waals surface area contributed by atoms with Gasteiger partial charge in [0.15, 0.2) is 5.78 Å². The Balaban J connectivity index is 2.28. The molecule has 0 aromatic heterocycles. The van der Waals surface area contributed by atoms with Gasteiger partial charge in [-0.1, -0.05) is 24.3 Å². The van der Waals surface area contributed by atoms with Gasteiger partial charge in [-0.15, -0.1) is 0 Å². The Morgan fingerprint density at radius 3 is 2.53 bits per heavy atom. The van der Waals surface area contributed by atoms with Crippen LogP contribution in [0.15, 0.2) is 40.9 Å². The zero-order valence-electron chi connectivity index (χ0n) is 10.8. The average molecular weight is 321 g/mol. The van der Waals surface area contributed by atoms with Gasteiger partial charge < -0.3 is 0 Å². The van der Waals surface area contributed by atoms with Gasteiger partial charge in [-0.2, -0.15) is 0 Å². The van der Waals surface area contributed by atoms with E-state index in [-0.39, 0.29) is 17.8 Å². The van der Waals surface area contributed by atoms with Crippen molar-refractivity contribution in [2.75, 3.05) is 0 Å². The molecule has 0 saturated heterocycles. The van der Waals surface area contributed by atoms with Crippen LogP contribution >= 0.6 is 15.9 Å². The molecule has 3 heteroatoms. The molecule has 0 radical (unpaired) electrons. The summed E-state index contributed by atoms with van der Waals surface area (Å²) in [7, 11) is 0. The van der Waals surface area contributed by atoms with Gasteiger partial charge in [0.05, 0.1) is 5.56 Å². The Bertz CT molecular complexity index is 614. The molecule has 0 bridgehead atoms. The van der Waals surface area contributed by atoms with Crippen LogP contribution in [0.3, 0.4) is 0 Å². The number of Topliss-reactive ketones (excluding diaryl/α,β-unsaturated/α-hetero) is 1. The van der Waals surface area contributed by atoms with Crippen LogP contribution in [0.1, 0.15) is 27.0 Å². The highest BCUT2D eigenvalue weighted by Crippen LogP contribution is 2.22. The summed E-state index contributed by atoms with van der Waals surface area (Å²) in [5, 5.41) is 0. The van der Waals surface area contributed by atoms with E-state index in [9.17, 15) is 9.18 Å². The van der Waals surface area contributed by atoms with Crippen LogP contribution in [0.4, 0.5) is 4.39 Å². The smallest absolute Gasteiger partial charge is 0.171 e. The summed E-state index contributed by atoms with van der Waals surface area (Å²) < 4.78 is 14.2. The standard InChI is InChI=1S/C16H14BrFO/c1-10-6-7-12(8-11(10)2)9-15(19)16-13(17)4-3-5-14(16)18/h3-8H,9H2,1-2H3. The molecule has 0 aliphatic heterocycles. The van der Waals surface area contributed by atoms with E-state index in [4.69, 9.17) is 0 Å². The monoisotopic (exact) mass is 320 g/mol. The topological polar surface area (TPSA) is 17.1 Å². The third-order valence-electron chi connectivity index (χ3n) is 3.18. The Hall–Kier alpha value is -1.48. The minimum absolute atomic E-state index is 0.126. The maximum atomic E-state index is 13.7. The lowest BCUT2D eigenvalue weighted by Gasteiger charge is -2.07. The second-order valence-corrected chi connectivity index (χ2v) is 5.47. The SMILES string of the molecule is Cc1ccc(CC(=O)c2c(F)cccc2Br)cc1C. The van der Waals surface area contributed by atoms with Crippen LogP contribution in [0, 0.1) is 19.7 Å². The van der Waals surface area contributed by atoms with Crippen molar-refractivity contribution in [2.45, 2.75) is 20.3 Å². The first-order chi connectivity index (χ1) is 8.99. The first kappa shape index (κ1) is 13.9. The zero-order chi connectivity index (χ0) is 14.0. The van der Waals surface area contributed by atoms with Gasteiger partial charge in [-0.3, -0.25) is 4.79 Å². The summed E-state index contributed by atoms with van der Waals surface area (Å²) in [5.41, 5.74) is 3.35. The minimum atomic E-state index is -0.483. The number of carbonyl (C=O) groups is 1. The molecule has 0 aliphatic rings. The van der Waals surface area contributed by atoms with E-state index in [2.05, 4.69) is 15.9 Å². The molecule has 19 heavy (non-hydrogen) atoms.